The largest absolute Gasteiger partial charge is 0.313 e. The van der Waals surface area contributed by atoms with Gasteiger partial charge < -0.3 is 10.2 Å². The van der Waals surface area contributed by atoms with E-state index in [0.717, 1.165) is 12.5 Å². The monoisotopic (exact) mass is 196 g/mol. The van der Waals surface area contributed by atoms with Gasteiger partial charge in [0.2, 0.25) is 0 Å². The van der Waals surface area contributed by atoms with E-state index in [0.29, 0.717) is 0 Å². The highest BCUT2D eigenvalue weighted by atomic mass is 15.1. The fourth-order valence-corrected chi connectivity index (χ4v) is 1.96. The van der Waals surface area contributed by atoms with Crippen LogP contribution >= 0.6 is 0 Å². The number of likely N-dealkylation sites (tertiary alicyclic amines) is 1. The number of allylic oxidation sites excluding steroid dienone is 1. The van der Waals surface area contributed by atoms with Crippen molar-refractivity contribution in [3.63, 3.8) is 0 Å². The van der Waals surface area contributed by atoms with E-state index in [1.165, 1.54) is 38.9 Å². The molecule has 0 saturated carbocycles. The van der Waals surface area contributed by atoms with Crippen molar-refractivity contribution >= 4 is 0 Å². The molecule has 0 spiro atoms. The zero-order valence-electron chi connectivity index (χ0n) is 9.63. The second-order valence-electron chi connectivity index (χ2n) is 4.31. The Balaban J connectivity index is 1.96. The average molecular weight is 196 g/mol. The molecule has 0 unspecified atom stereocenters. The van der Waals surface area contributed by atoms with Crippen molar-refractivity contribution in [1.82, 2.24) is 10.2 Å². The molecule has 0 aromatic heterocycles. The standard InChI is InChI=1S/C12H24N2/c1-3-4-8-13-9-5-12-6-10-14(2)11-7-12/h3-4,12-13H,5-11H2,1-2H3/b4-3+. The third-order valence-corrected chi connectivity index (χ3v) is 3.07. The van der Waals surface area contributed by atoms with Crippen LogP contribution in [0.5, 0.6) is 0 Å². The minimum absolute atomic E-state index is 0.962. The van der Waals surface area contributed by atoms with Crippen molar-refractivity contribution < 1.29 is 0 Å². The van der Waals surface area contributed by atoms with Crippen molar-refractivity contribution in [2.24, 2.45) is 5.92 Å². The molecule has 0 atom stereocenters. The molecule has 2 nitrogen and oxygen atoms in total. The molecule has 1 N–H and O–H groups in total. The van der Waals surface area contributed by atoms with E-state index < -0.39 is 0 Å². The molecule has 0 aromatic rings. The molecule has 0 bridgehead atoms. The molecule has 1 heterocycles. The second-order valence-corrected chi connectivity index (χ2v) is 4.31. The molecular formula is C12H24N2. The van der Waals surface area contributed by atoms with Gasteiger partial charge in [0.15, 0.2) is 0 Å². The van der Waals surface area contributed by atoms with E-state index in [-0.39, 0.29) is 0 Å². The highest BCUT2D eigenvalue weighted by Gasteiger charge is 2.15. The molecule has 1 aliphatic heterocycles. The minimum Gasteiger partial charge on any atom is -0.313 e. The average Bonchev–Trinajstić information content (AvgIpc) is 2.21. The Morgan fingerprint density at radius 2 is 2.07 bits per heavy atom. The van der Waals surface area contributed by atoms with E-state index in [1.54, 1.807) is 0 Å². The molecule has 2 heteroatoms. The summed E-state index contributed by atoms with van der Waals surface area (Å²) in [4.78, 5) is 2.43. The number of piperidine rings is 1. The molecule has 1 fully saturated rings. The summed E-state index contributed by atoms with van der Waals surface area (Å²) in [5, 5.41) is 3.44. The van der Waals surface area contributed by atoms with Crippen molar-refractivity contribution in [1.29, 1.82) is 0 Å². The van der Waals surface area contributed by atoms with E-state index >= 15 is 0 Å². The Kier molecular flexibility index (Phi) is 5.88. The maximum atomic E-state index is 3.44. The van der Waals surface area contributed by atoms with E-state index in [1.807, 2.05) is 0 Å². The van der Waals surface area contributed by atoms with Crippen LogP contribution in [0.15, 0.2) is 12.2 Å². The van der Waals surface area contributed by atoms with Crippen LogP contribution in [-0.2, 0) is 0 Å². The number of hydrogen-bond donors (Lipinski definition) is 1. The summed E-state index contributed by atoms with van der Waals surface area (Å²) in [7, 11) is 2.22. The van der Waals surface area contributed by atoms with Gasteiger partial charge in [0.25, 0.3) is 0 Å². The summed E-state index contributed by atoms with van der Waals surface area (Å²) in [6, 6.07) is 0. The zero-order chi connectivity index (χ0) is 10.2. The van der Waals surface area contributed by atoms with E-state index in [4.69, 9.17) is 0 Å². The first-order valence-corrected chi connectivity index (χ1v) is 5.83. The van der Waals surface area contributed by atoms with E-state index in [2.05, 4.69) is 36.3 Å². The predicted molar refractivity (Wildman–Crippen MR) is 62.5 cm³/mol. The highest BCUT2D eigenvalue weighted by molar-refractivity contribution is 4.79. The van der Waals surface area contributed by atoms with Crippen LogP contribution in [0.4, 0.5) is 0 Å². The highest BCUT2D eigenvalue weighted by Crippen LogP contribution is 2.18. The van der Waals surface area contributed by atoms with Gasteiger partial charge in [-0.15, -0.1) is 0 Å². The lowest BCUT2D eigenvalue weighted by atomic mass is 9.94. The van der Waals surface area contributed by atoms with Crippen LogP contribution in [0.2, 0.25) is 0 Å². The van der Waals surface area contributed by atoms with Gasteiger partial charge >= 0.3 is 0 Å². The van der Waals surface area contributed by atoms with E-state index in [9.17, 15) is 0 Å². The van der Waals surface area contributed by atoms with Crippen molar-refractivity contribution in [3.8, 4) is 0 Å². The number of hydrogen-bond acceptors (Lipinski definition) is 2. The Morgan fingerprint density at radius 3 is 2.71 bits per heavy atom. The summed E-state index contributed by atoms with van der Waals surface area (Å²) in [5.74, 6) is 0.962. The smallest absolute Gasteiger partial charge is 0.0134 e. The molecule has 0 aliphatic carbocycles. The van der Waals surface area contributed by atoms with Gasteiger partial charge in [-0.3, -0.25) is 0 Å². The van der Waals surface area contributed by atoms with Gasteiger partial charge in [0, 0.05) is 6.54 Å². The molecule has 0 aromatic carbocycles. The first kappa shape index (κ1) is 11.7. The molecule has 0 amide bonds. The van der Waals surface area contributed by atoms with Gasteiger partial charge in [-0.1, -0.05) is 12.2 Å². The fraction of sp³-hybridized carbons (Fsp3) is 0.833. The Morgan fingerprint density at radius 1 is 1.36 bits per heavy atom. The maximum Gasteiger partial charge on any atom is 0.0134 e. The Bertz CT molecular complexity index is 158. The summed E-state index contributed by atoms with van der Waals surface area (Å²) in [5.41, 5.74) is 0. The maximum absolute atomic E-state index is 3.44. The van der Waals surface area contributed by atoms with Crippen LogP contribution in [-0.4, -0.2) is 38.1 Å². The molecule has 1 rings (SSSR count). The number of rotatable bonds is 5. The van der Waals surface area contributed by atoms with Crippen LogP contribution < -0.4 is 5.32 Å². The quantitative estimate of drug-likeness (QED) is 0.533. The van der Waals surface area contributed by atoms with Crippen LogP contribution in [0.1, 0.15) is 26.2 Å². The third-order valence-electron chi connectivity index (χ3n) is 3.07. The number of nitrogens with one attached hydrogen (secondary N) is 1. The van der Waals surface area contributed by atoms with Gasteiger partial charge in [0.1, 0.15) is 0 Å². The Labute approximate surface area is 88.4 Å². The van der Waals surface area contributed by atoms with Crippen LogP contribution in [0, 0.1) is 5.92 Å². The molecule has 82 valence electrons. The topological polar surface area (TPSA) is 15.3 Å². The van der Waals surface area contributed by atoms with Crippen LogP contribution in [0.25, 0.3) is 0 Å². The van der Waals surface area contributed by atoms with Gasteiger partial charge in [-0.25, -0.2) is 0 Å². The lowest BCUT2D eigenvalue weighted by Crippen LogP contribution is -2.31. The summed E-state index contributed by atoms with van der Waals surface area (Å²) in [6.07, 6.45) is 8.41. The normalized spacial score (nSPS) is 20.7. The summed E-state index contributed by atoms with van der Waals surface area (Å²) < 4.78 is 0. The van der Waals surface area contributed by atoms with Crippen molar-refractivity contribution in [2.45, 2.75) is 26.2 Å². The zero-order valence-corrected chi connectivity index (χ0v) is 9.63. The molecule has 0 radical (unpaired) electrons. The van der Waals surface area contributed by atoms with Gasteiger partial charge in [-0.2, -0.15) is 0 Å². The lowest BCUT2D eigenvalue weighted by Gasteiger charge is -2.28. The van der Waals surface area contributed by atoms with Gasteiger partial charge in [0.05, 0.1) is 0 Å². The number of nitrogens with zero attached hydrogens (tertiary/aromatic N) is 1. The minimum atomic E-state index is 0.962. The first-order valence-electron chi connectivity index (χ1n) is 5.83. The second kappa shape index (κ2) is 7.02. The van der Waals surface area contributed by atoms with Crippen molar-refractivity contribution in [3.05, 3.63) is 12.2 Å². The predicted octanol–water partition coefficient (Wildman–Crippen LogP) is 1.88. The molecule has 1 saturated heterocycles. The molecule has 14 heavy (non-hydrogen) atoms. The van der Waals surface area contributed by atoms with Crippen LogP contribution in [0.3, 0.4) is 0 Å². The summed E-state index contributed by atoms with van der Waals surface area (Å²) in [6.45, 7) is 6.86. The SMILES string of the molecule is C/C=C/CNCCC1CCN(C)CC1. The Hall–Kier alpha value is -0.340. The lowest BCUT2D eigenvalue weighted by molar-refractivity contribution is 0.212. The molecular weight excluding hydrogens is 172 g/mol. The third kappa shape index (κ3) is 4.77. The summed E-state index contributed by atoms with van der Waals surface area (Å²) >= 11 is 0. The first-order chi connectivity index (χ1) is 6.83. The van der Waals surface area contributed by atoms with Crippen molar-refractivity contribution in [2.75, 3.05) is 33.2 Å². The molecule has 1 aliphatic rings. The fourth-order valence-electron chi connectivity index (χ4n) is 1.96. The van der Waals surface area contributed by atoms with Gasteiger partial charge in [-0.05, 0) is 58.8 Å².